The van der Waals surface area contributed by atoms with E-state index < -0.39 is 23.9 Å². The maximum absolute atomic E-state index is 12.2. The minimum Gasteiger partial charge on any atom is -0.492 e. The van der Waals surface area contributed by atoms with Crippen LogP contribution in [0.1, 0.15) is 19.4 Å². The Morgan fingerprint density at radius 2 is 1.39 bits per heavy atom. The number of ether oxygens (including phenoxy) is 3. The molecule has 0 saturated heterocycles. The molecule has 1 aromatic carbocycles. The molecule has 202 valence electrons. The van der Waals surface area contributed by atoms with E-state index in [1.807, 2.05) is 26.0 Å². The van der Waals surface area contributed by atoms with Gasteiger partial charge in [0.2, 0.25) is 0 Å². The van der Waals surface area contributed by atoms with Gasteiger partial charge in [0.05, 0.1) is 31.9 Å². The molecule has 0 aromatic heterocycles. The predicted molar refractivity (Wildman–Crippen MR) is 145 cm³/mol. The minimum atomic E-state index is -1.26. The molecule has 0 heterocycles. The molecule has 6 N–H and O–H groups in total. The Bertz CT molecular complexity index is 963. The molecule has 1 aromatic rings. The number of carboxylic acids is 2. The molecule has 0 aliphatic carbocycles. The Balaban J connectivity index is -0.000000457. The van der Waals surface area contributed by atoms with E-state index in [2.05, 4.69) is 4.99 Å². The predicted octanol–water partition coefficient (Wildman–Crippen LogP) is 0.552. The van der Waals surface area contributed by atoms with Crippen LogP contribution >= 0.6 is 12.4 Å². The van der Waals surface area contributed by atoms with E-state index in [0.717, 1.165) is 5.56 Å². The van der Waals surface area contributed by atoms with Gasteiger partial charge in [-0.25, -0.2) is 19.2 Å². The zero-order valence-corrected chi connectivity index (χ0v) is 27.2. The maximum atomic E-state index is 12.2. The van der Waals surface area contributed by atoms with Crippen LogP contribution in [0.4, 0.5) is 0 Å². The molecule has 12 nitrogen and oxygen atoms in total. The molecule has 15 heteroatoms. The first-order valence-electron chi connectivity index (χ1n) is 10.2. The molecule has 0 fully saturated rings. The maximum Gasteiger partial charge on any atom is 0.334 e. The molecular formula is C23H32ClN3Na2O9. The van der Waals surface area contributed by atoms with Crippen LogP contribution in [0.3, 0.4) is 0 Å². The van der Waals surface area contributed by atoms with Crippen LogP contribution in [0.15, 0.2) is 52.6 Å². The summed E-state index contributed by atoms with van der Waals surface area (Å²) in [6.07, 6.45) is 1.36. The number of aliphatic imine (C=N–C) groups is 1. The number of carboxylic acid groups (broad SMARTS) is 2. The molecule has 1 rings (SSSR count). The monoisotopic (exact) mass is 575 g/mol. The van der Waals surface area contributed by atoms with Crippen LogP contribution in [0.5, 0.6) is 5.75 Å². The van der Waals surface area contributed by atoms with Crippen molar-refractivity contribution in [3.63, 3.8) is 0 Å². The summed E-state index contributed by atoms with van der Waals surface area (Å²) in [5, 5.41) is 15.6. The van der Waals surface area contributed by atoms with Gasteiger partial charge in [0.15, 0.2) is 5.96 Å². The summed E-state index contributed by atoms with van der Waals surface area (Å²) in [5.74, 6) is -3.14. The fourth-order valence-corrected chi connectivity index (χ4v) is 2.61. The van der Waals surface area contributed by atoms with Gasteiger partial charge in [-0.1, -0.05) is 26.0 Å². The largest absolute Gasteiger partial charge is 0.492 e. The summed E-state index contributed by atoms with van der Waals surface area (Å²) in [7, 11) is 2.57. The van der Waals surface area contributed by atoms with Gasteiger partial charge in [-0.2, -0.15) is 0 Å². The number of nitrogens with two attached hydrogens (primary N) is 2. The molecule has 0 spiro atoms. The average Bonchev–Trinajstić information content (AvgIpc) is 2.80. The van der Waals surface area contributed by atoms with Gasteiger partial charge in [0, 0.05) is 77.7 Å². The number of benzene rings is 1. The van der Waals surface area contributed by atoms with Crippen molar-refractivity contribution >= 4 is 101 Å². The van der Waals surface area contributed by atoms with Crippen molar-refractivity contribution in [1.82, 2.24) is 0 Å². The molecule has 0 aliphatic heterocycles. The topological polar surface area (TPSA) is 201 Å². The minimum absolute atomic E-state index is 0. The number of halogens is 1. The number of guanidine groups is 1. The summed E-state index contributed by atoms with van der Waals surface area (Å²) in [6.45, 7) is 4.34. The molecule has 0 unspecified atom stereocenters. The molecule has 0 atom stereocenters. The number of nitrogens with zero attached hydrogens (tertiary/aromatic N) is 1. The van der Waals surface area contributed by atoms with E-state index in [1.165, 1.54) is 14.2 Å². The molecule has 0 saturated carbocycles. The van der Waals surface area contributed by atoms with Crippen molar-refractivity contribution in [3.05, 3.63) is 53.1 Å². The number of methoxy groups -OCH3 is 2. The van der Waals surface area contributed by atoms with E-state index in [1.54, 1.807) is 12.1 Å². The van der Waals surface area contributed by atoms with Crippen LogP contribution in [0, 0.1) is 5.92 Å². The fraction of sp³-hybridized carbons (Fsp3) is 0.348. The van der Waals surface area contributed by atoms with Gasteiger partial charge in [-0.15, -0.1) is 12.4 Å². The van der Waals surface area contributed by atoms with Crippen LogP contribution in [-0.2, 0) is 35.1 Å². The molecular weight excluding hydrogens is 544 g/mol. The Hall–Kier alpha value is -2.06. The molecule has 2 radical (unpaired) electrons. The van der Waals surface area contributed by atoms with Gasteiger partial charge >= 0.3 is 23.9 Å². The van der Waals surface area contributed by atoms with E-state index in [4.69, 9.17) is 35.9 Å². The van der Waals surface area contributed by atoms with Crippen molar-refractivity contribution in [2.75, 3.05) is 27.4 Å². The molecule has 38 heavy (non-hydrogen) atoms. The van der Waals surface area contributed by atoms with Gasteiger partial charge in [-0.3, -0.25) is 4.99 Å². The van der Waals surface area contributed by atoms with E-state index >= 15 is 0 Å². The van der Waals surface area contributed by atoms with Crippen molar-refractivity contribution in [2.45, 2.75) is 20.3 Å². The summed E-state index contributed by atoms with van der Waals surface area (Å²) < 4.78 is 15.2. The standard InChI is InChI=1S/C19H27N3O5.C4H4O4.ClH.2Na/c1-12(2)16(18(24)26-4)15(17(23)25-3)11-13-5-7-14(8-6-13)27-10-9-22-19(20)21;5-3(6)1-2-4(7)8;;;/h5-8,12H,9-11H2,1-4H3,(H4,20,21,22);1-2H,(H,5,6)(H,7,8);1H;;/b16-15-;2-1-;;;. The second-order valence-corrected chi connectivity index (χ2v) is 7.02. The second kappa shape index (κ2) is 24.0. The number of carbonyl (C=O) groups excluding carboxylic acids is 2. The first-order valence-corrected chi connectivity index (χ1v) is 10.2. The van der Waals surface area contributed by atoms with Gasteiger partial charge in [0.25, 0.3) is 0 Å². The van der Waals surface area contributed by atoms with Crippen molar-refractivity contribution in [2.24, 2.45) is 22.4 Å². The first kappa shape index (κ1) is 43.0. The normalized spacial score (nSPS) is 10.1. The molecule has 0 amide bonds. The van der Waals surface area contributed by atoms with Gasteiger partial charge in [0.1, 0.15) is 12.4 Å². The van der Waals surface area contributed by atoms with Crippen molar-refractivity contribution in [1.29, 1.82) is 0 Å². The van der Waals surface area contributed by atoms with Crippen LogP contribution < -0.4 is 16.2 Å². The fourth-order valence-electron chi connectivity index (χ4n) is 2.61. The van der Waals surface area contributed by atoms with Crippen molar-refractivity contribution < 1.29 is 43.6 Å². The van der Waals surface area contributed by atoms with Gasteiger partial charge < -0.3 is 35.9 Å². The third-order valence-corrected chi connectivity index (χ3v) is 4.07. The zero-order valence-electron chi connectivity index (χ0n) is 22.4. The molecule has 0 aliphatic rings. The van der Waals surface area contributed by atoms with E-state index in [9.17, 15) is 19.2 Å². The first-order chi connectivity index (χ1) is 16.4. The summed E-state index contributed by atoms with van der Waals surface area (Å²) >= 11 is 0. The van der Waals surface area contributed by atoms with Crippen molar-refractivity contribution in [3.8, 4) is 5.75 Å². The third kappa shape index (κ3) is 19.1. The smallest absolute Gasteiger partial charge is 0.334 e. The van der Waals surface area contributed by atoms with E-state index in [-0.39, 0.29) is 95.4 Å². The molecule has 0 bridgehead atoms. The summed E-state index contributed by atoms with van der Waals surface area (Å²) in [6, 6.07) is 7.17. The second-order valence-electron chi connectivity index (χ2n) is 7.02. The number of hydrogen-bond donors (Lipinski definition) is 4. The zero-order chi connectivity index (χ0) is 27.0. The average molecular weight is 576 g/mol. The number of carbonyl (C=O) groups is 4. The van der Waals surface area contributed by atoms with Crippen LogP contribution in [0.25, 0.3) is 0 Å². The van der Waals surface area contributed by atoms with Crippen LogP contribution in [-0.4, -0.2) is 127 Å². The summed E-state index contributed by atoms with van der Waals surface area (Å²) in [4.78, 5) is 47.3. The van der Waals surface area contributed by atoms with Gasteiger partial charge in [-0.05, 0) is 23.6 Å². The Labute approximate surface area is 271 Å². The Morgan fingerprint density at radius 1 is 0.921 bits per heavy atom. The number of rotatable bonds is 11. The van der Waals surface area contributed by atoms with Crippen LogP contribution in [0.2, 0.25) is 0 Å². The number of hydrogen-bond acceptors (Lipinski definition) is 8. The quantitative estimate of drug-likeness (QED) is 0.0716. The summed E-state index contributed by atoms with van der Waals surface area (Å²) in [5.41, 5.74) is 11.9. The third-order valence-electron chi connectivity index (χ3n) is 4.07. The number of aliphatic carboxylic acids is 2. The Kier molecular flexibility index (Phi) is 27.2. The number of esters is 2. The van der Waals surface area contributed by atoms with E-state index in [0.29, 0.717) is 36.6 Å². The Morgan fingerprint density at radius 3 is 1.76 bits per heavy atom. The SMILES string of the molecule is COC(=O)/C(Cc1ccc(OCCN=C(N)N)cc1)=C(\C(=O)OC)C(C)C.Cl.O=C(O)/C=C\C(=O)O.[Na].[Na].